The molecule has 3 aliphatic heterocycles. The van der Waals surface area contributed by atoms with Crippen molar-refractivity contribution in [1.29, 1.82) is 0 Å². The van der Waals surface area contributed by atoms with E-state index in [1.807, 2.05) is 7.05 Å². The molecule has 1 saturated heterocycles. The minimum atomic E-state index is -1.01. The molecule has 1 spiro atoms. The van der Waals surface area contributed by atoms with Gasteiger partial charge >= 0.3 is 6.03 Å². The van der Waals surface area contributed by atoms with Crippen molar-refractivity contribution in [1.82, 2.24) is 9.88 Å². The van der Waals surface area contributed by atoms with E-state index >= 15 is 8.78 Å². The Labute approximate surface area is 195 Å². The molecular formula is C23H25F2N5O4. The molecule has 1 aromatic heterocycles. The zero-order valence-corrected chi connectivity index (χ0v) is 19.4. The third-order valence-corrected chi connectivity index (χ3v) is 7.12. The van der Waals surface area contributed by atoms with Gasteiger partial charge in [0, 0.05) is 30.4 Å². The normalized spacial score (nSPS) is 19.2. The zero-order chi connectivity index (χ0) is 24.4. The van der Waals surface area contributed by atoms with Crippen LogP contribution in [0.5, 0.6) is 11.5 Å². The van der Waals surface area contributed by atoms with Gasteiger partial charge in [0.25, 0.3) is 0 Å². The molecule has 2 aromatic rings. The van der Waals surface area contributed by atoms with Crippen molar-refractivity contribution >= 4 is 29.1 Å². The highest BCUT2D eigenvalue weighted by atomic mass is 19.1. The van der Waals surface area contributed by atoms with Gasteiger partial charge in [0.1, 0.15) is 11.5 Å². The lowest BCUT2D eigenvalue weighted by Crippen LogP contribution is -2.49. The van der Waals surface area contributed by atoms with Gasteiger partial charge in [0.2, 0.25) is 5.91 Å². The summed E-state index contributed by atoms with van der Waals surface area (Å²) in [5.41, 5.74) is 0.457. The Kier molecular flexibility index (Phi) is 5.12. The maximum Gasteiger partial charge on any atom is 0.329 e. The van der Waals surface area contributed by atoms with Gasteiger partial charge < -0.3 is 19.7 Å². The number of hydrogen-bond donors (Lipinski definition) is 1. The minimum absolute atomic E-state index is 0.130. The third kappa shape index (κ3) is 2.96. The largest absolute Gasteiger partial charge is 0.493 e. The van der Waals surface area contributed by atoms with E-state index in [1.54, 1.807) is 0 Å². The number of piperidine rings is 1. The van der Waals surface area contributed by atoms with Gasteiger partial charge in [0.15, 0.2) is 23.1 Å². The van der Waals surface area contributed by atoms with E-state index in [4.69, 9.17) is 9.47 Å². The average Bonchev–Trinajstić information content (AvgIpc) is 3.10. The Morgan fingerprint density at radius 3 is 2.24 bits per heavy atom. The summed E-state index contributed by atoms with van der Waals surface area (Å²) in [6, 6.07) is 0.451. The number of nitrogens with one attached hydrogen (secondary N) is 1. The number of methoxy groups -OCH3 is 2. The quantitative estimate of drug-likeness (QED) is 0.738. The molecule has 1 N–H and O–H groups in total. The lowest BCUT2D eigenvalue weighted by Gasteiger charge is -2.41. The molecule has 0 unspecified atom stereocenters. The fourth-order valence-electron chi connectivity index (χ4n) is 5.20. The van der Waals surface area contributed by atoms with Crippen LogP contribution in [0.4, 0.5) is 30.8 Å². The van der Waals surface area contributed by atoms with Crippen molar-refractivity contribution in [2.45, 2.75) is 24.8 Å². The van der Waals surface area contributed by atoms with Crippen molar-refractivity contribution < 1.29 is 27.8 Å². The number of fused-ring (bicyclic) bond motifs is 4. The number of halogens is 2. The van der Waals surface area contributed by atoms with Gasteiger partial charge in [-0.15, -0.1) is 0 Å². The number of hydrogen-bond acceptors (Lipinski definition) is 6. The second kappa shape index (κ2) is 7.79. The van der Waals surface area contributed by atoms with Crippen LogP contribution in [-0.2, 0) is 16.8 Å². The summed E-state index contributed by atoms with van der Waals surface area (Å²) in [5, 5.41) is 2.88. The number of anilines is 3. The summed E-state index contributed by atoms with van der Waals surface area (Å²) in [6.07, 6.45) is 2.71. The summed E-state index contributed by atoms with van der Waals surface area (Å²) < 4.78 is 40.4. The molecule has 1 fully saturated rings. The number of rotatable bonds is 3. The van der Waals surface area contributed by atoms with Crippen LogP contribution in [0.15, 0.2) is 12.3 Å². The Morgan fingerprint density at radius 1 is 1.03 bits per heavy atom. The molecule has 5 rings (SSSR count). The Balaban J connectivity index is 1.65. The number of ether oxygens (including phenoxy) is 2. The van der Waals surface area contributed by atoms with Gasteiger partial charge in [-0.05, 0) is 33.0 Å². The van der Waals surface area contributed by atoms with Crippen LogP contribution in [0.25, 0.3) is 0 Å². The Bertz CT molecular complexity index is 1180. The van der Waals surface area contributed by atoms with Gasteiger partial charge in [-0.1, -0.05) is 0 Å². The molecule has 9 nitrogen and oxygen atoms in total. The Hall–Kier alpha value is -3.47. The van der Waals surface area contributed by atoms with Crippen molar-refractivity contribution in [3.63, 3.8) is 0 Å². The molecule has 3 aliphatic rings. The van der Waals surface area contributed by atoms with Gasteiger partial charge in [-0.3, -0.25) is 14.6 Å². The number of pyridine rings is 1. The highest BCUT2D eigenvalue weighted by Crippen LogP contribution is 2.51. The maximum absolute atomic E-state index is 15.2. The molecule has 0 bridgehead atoms. The van der Waals surface area contributed by atoms with Crippen molar-refractivity contribution in [3.05, 3.63) is 35.0 Å². The molecule has 34 heavy (non-hydrogen) atoms. The number of likely N-dealkylation sites (tertiary alicyclic amines) is 1. The molecule has 4 heterocycles. The van der Waals surface area contributed by atoms with Gasteiger partial charge in [0.05, 0.1) is 31.9 Å². The van der Waals surface area contributed by atoms with E-state index < -0.39 is 28.8 Å². The van der Waals surface area contributed by atoms with Gasteiger partial charge in [-0.2, -0.15) is 0 Å². The molecule has 0 radical (unpaired) electrons. The van der Waals surface area contributed by atoms with E-state index in [9.17, 15) is 9.59 Å². The average molecular weight is 473 g/mol. The molecule has 180 valence electrons. The lowest BCUT2D eigenvalue weighted by molar-refractivity contribution is -0.122. The second-order valence-corrected chi connectivity index (χ2v) is 8.88. The zero-order valence-electron chi connectivity index (χ0n) is 19.4. The van der Waals surface area contributed by atoms with Crippen LogP contribution in [0.3, 0.4) is 0 Å². The topological polar surface area (TPSA) is 87.2 Å². The maximum atomic E-state index is 15.2. The van der Waals surface area contributed by atoms with Crippen LogP contribution < -0.4 is 24.6 Å². The van der Waals surface area contributed by atoms with E-state index in [2.05, 4.69) is 15.2 Å². The van der Waals surface area contributed by atoms with Crippen molar-refractivity contribution in [3.8, 4) is 11.5 Å². The molecule has 0 saturated carbocycles. The predicted molar refractivity (Wildman–Crippen MR) is 121 cm³/mol. The summed E-state index contributed by atoms with van der Waals surface area (Å²) in [6.45, 7) is 1.31. The Morgan fingerprint density at radius 2 is 1.65 bits per heavy atom. The SMILES string of the molecule is COc1cc(OC)c(F)c(N2Cc3cnc4c(c3N(C)C2=O)C2(CCN(C)CC2)C(=O)N4)c1F. The summed E-state index contributed by atoms with van der Waals surface area (Å²) in [4.78, 5) is 35.5. The van der Waals surface area contributed by atoms with E-state index in [-0.39, 0.29) is 24.0 Å². The number of amides is 3. The van der Waals surface area contributed by atoms with Crippen LogP contribution in [0.1, 0.15) is 24.0 Å². The first-order chi connectivity index (χ1) is 16.2. The van der Waals surface area contributed by atoms with Crippen LogP contribution in [0, 0.1) is 11.6 Å². The fraction of sp³-hybridized carbons (Fsp3) is 0.435. The number of carbonyl (C=O) groups is 2. The summed E-state index contributed by atoms with van der Waals surface area (Å²) in [5.74, 6) is -2.22. The lowest BCUT2D eigenvalue weighted by atomic mass is 9.73. The van der Waals surface area contributed by atoms with Crippen molar-refractivity contribution in [2.75, 3.05) is 56.5 Å². The first-order valence-electron chi connectivity index (χ1n) is 10.9. The molecule has 0 aliphatic carbocycles. The van der Waals surface area contributed by atoms with Crippen LogP contribution >= 0.6 is 0 Å². The highest BCUT2D eigenvalue weighted by molar-refractivity contribution is 6.12. The first-order valence-corrected chi connectivity index (χ1v) is 10.9. The number of nitrogens with zero attached hydrogens (tertiary/aromatic N) is 4. The number of benzene rings is 1. The smallest absolute Gasteiger partial charge is 0.329 e. The van der Waals surface area contributed by atoms with Crippen LogP contribution in [-0.4, -0.2) is 63.2 Å². The van der Waals surface area contributed by atoms with Crippen LogP contribution in [0.2, 0.25) is 0 Å². The molecule has 11 heteroatoms. The van der Waals surface area contributed by atoms with Crippen molar-refractivity contribution in [2.24, 2.45) is 0 Å². The van der Waals surface area contributed by atoms with E-state index in [0.717, 1.165) is 24.1 Å². The number of carbonyl (C=O) groups excluding carboxylic acids is 2. The second-order valence-electron chi connectivity index (χ2n) is 8.88. The molecule has 1 aromatic carbocycles. The third-order valence-electron chi connectivity index (χ3n) is 7.12. The minimum Gasteiger partial charge on any atom is -0.493 e. The standard InChI is InChI=1S/C23H25F2N5O4/c1-28-7-5-23(6-8-28)15-18-12(10-26-20(15)27-21(23)31)11-30(22(32)29(18)2)19-16(24)13(33-3)9-14(34-4)17(19)25/h9-10H,5-8,11H2,1-4H3,(H,26,27,31). The monoisotopic (exact) mass is 473 g/mol. The summed E-state index contributed by atoms with van der Waals surface area (Å²) >= 11 is 0. The first kappa shape index (κ1) is 22.3. The number of urea groups is 1. The summed E-state index contributed by atoms with van der Waals surface area (Å²) in [7, 11) is 6.03. The predicted octanol–water partition coefficient (Wildman–Crippen LogP) is 2.87. The van der Waals surface area contributed by atoms with E-state index in [0.29, 0.717) is 35.5 Å². The highest BCUT2D eigenvalue weighted by Gasteiger charge is 2.52. The number of aromatic nitrogens is 1. The molecule has 3 amide bonds. The molecular weight excluding hydrogens is 448 g/mol. The molecule has 0 atom stereocenters. The van der Waals surface area contributed by atoms with Gasteiger partial charge in [-0.25, -0.2) is 18.6 Å². The van der Waals surface area contributed by atoms with E-state index in [1.165, 1.54) is 32.4 Å². The fourth-order valence-corrected chi connectivity index (χ4v) is 5.20.